The van der Waals surface area contributed by atoms with Crippen LogP contribution in [0.4, 0.5) is 17.5 Å². The predicted molar refractivity (Wildman–Crippen MR) is 70.8 cm³/mol. The summed E-state index contributed by atoms with van der Waals surface area (Å²) in [7, 11) is 0. The second-order valence-electron chi connectivity index (χ2n) is 3.87. The summed E-state index contributed by atoms with van der Waals surface area (Å²) in [4.78, 5) is 18.5. The molecule has 0 aliphatic heterocycles. The molecule has 100 valence electrons. The molecule has 7 nitrogen and oxygen atoms in total. The number of nitrogens with zero attached hydrogens (tertiary/aromatic N) is 3. The molecule has 0 atom stereocenters. The lowest BCUT2D eigenvalue weighted by atomic mass is 10.2. The maximum atomic E-state index is 10.9. The van der Waals surface area contributed by atoms with Gasteiger partial charge in [-0.25, -0.2) is 4.98 Å². The van der Waals surface area contributed by atoms with E-state index in [0.717, 1.165) is 12.8 Å². The first kappa shape index (κ1) is 14.1. The van der Waals surface area contributed by atoms with Crippen molar-refractivity contribution >= 4 is 17.5 Å². The molecule has 0 aromatic carbocycles. The zero-order chi connectivity index (χ0) is 13.5. The van der Waals surface area contributed by atoms with E-state index < -0.39 is 4.92 Å². The van der Waals surface area contributed by atoms with E-state index in [1.165, 1.54) is 6.20 Å². The van der Waals surface area contributed by atoms with E-state index in [9.17, 15) is 10.1 Å². The van der Waals surface area contributed by atoms with Crippen LogP contribution in [0.5, 0.6) is 0 Å². The van der Waals surface area contributed by atoms with Crippen molar-refractivity contribution in [2.75, 3.05) is 17.2 Å². The van der Waals surface area contributed by atoms with Gasteiger partial charge in [-0.15, -0.1) is 0 Å². The fourth-order valence-electron chi connectivity index (χ4n) is 1.54. The lowest BCUT2D eigenvalue weighted by molar-refractivity contribution is -0.384. The van der Waals surface area contributed by atoms with Crippen molar-refractivity contribution in [3.63, 3.8) is 0 Å². The molecule has 0 unspecified atom stereocenters. The van der Waals surface area contributed by atoms with E-state index in [-0.39, 0.29) is 17.5 Å². The van der Waals surface area contributed by atoms with Gasteiger partial charge in [0.25, 0.3) is 0 Å². The van der Waals surface area contributed by atoms with Crippen LogP contribution in [-0.4, -0.2) is 27.5 Å². The lowest BCUT2D eigenvalue weighted by Crippen LogP contribution is -2.19. The standard InChI is InChI=1S/C11H19N5O2/c1-4-8(5-2)14-10-9(16(17)18)7-13-11(15-10)12-6-3/h7-8H,4-6H2,1-3H3,(H2,12,13,14,15). The quantitative estimate of drug-likeness (QED) is 0.572. The second-order valence-corrected chi connectivity index (χ2v) is 3.87. The van der Waals surface area contributed by atoms with Gasteiger partial charge in [0.1, 0.15) is 6.20 Å². The van der Waals surface area contributed by atoms with Crippen LogP contribution >= 0.6 is 0 Å². The van der Waals surface area contributed by atoms with Gasteiger partial charge in [-0.05, 0) is 19.8 Å². The summed E-state index contributed by atoms with van der Waals surface area (Å²) in [5.74, 6) is 0.677. The molecule has 1 heterocycles. The number of rotatable bonds is 7. The molecule has 0 saturated carbocycles. The van der Waals surface area contributed by atoms with Crippen LogP contribution < -0.4 is 10.6 Å². The first-order valence-corrected chi connectivity index (χ1v) is 6.14. The van der Waals surface area contributed by atoms with Crippen LogP contribution in [0.15, 0.2) is 6.20 Å². The molecule has 7 heteroatoms. The van der Waals surface area contributed by atoms with Crippen LogP contribution in [0.25, 0.3) is 0 Å². The highest BCUT2D eigenvalue weighted by atomic mass is 16.6. The van der Waals surface area contributed by atoms with Crippen LogP contribution in [0.1, 0.15) is 33.6 Å². The summed E-state index contributed by atoms with van der Waals surface area (Å²) < 4.78 is 0. The Morgan fingerprint density at radius 1 is 1.39 bits per heavy atom. The van der Waals surface area contributed by atoms with E-state index in [1.54, 1.807) is 0 Å². The molecule has 1 aromatic rings. The Kier molecular flexibility index (Phi) is 5.29. The number of hydrogen-bond donors (Lipinski definition) is 2. The SMILES string of the molecule is CCNc1ncc([N+](=O)[O-])c(NC(CC)CC)n1. The summed E-state index contributed by atoms with van der Waals surface area (Å²) in [6, 6.07) is 0.174. The normalized spacial score (nSPS) is 10.4. The molecular weight excluding hydrogens is 234 g/mol. The topological polar surface area (TPSA) is 93.0 Å². The predicted octanol–water partition coefficient (Wildman–Crippen LogP) is 2.42. The smallest absolute Gasteiger partial charge is 0.329 e. The van der Waals surface area contributed by atoms with Gasteiger partial charge in [0.15, 0.2) is 0 Å². The fourth-order valence-corrected chi connectivity index (χ4v) is 1.54. The Bertz CT molecular complexity index is 406. The molecule has 0 amide bonds. The Hall–Kier alpha value is -1.92. The van der Waals surface area contributed by atoms with Gasteiger partial charge in [-0.2, -0.15) is 4.98 Å². The molecule has 0 radical (unpaired) electrons. The van der Waals surface area contributed by atoms with Crippen LogP contribution in [0.2, 0.25) is 0 Å². The van der Waals surface area contributed by atoms with Crippen molar-refractivity contribution < 1.29 is 4.92 Å². The molecule has 0 saturated heterocycles. The van der Waals surface area contributed by atoms with E-state index >= 15 is 0 Å². The monoisotopic (exact) mass is 253 g/mol. The number of hydrogen-bond acceptors (Lipinski definition) is 6. The lowest BCUT2D eigenvalue weighted by Gasteiger charge is -2.15. The molecule has 1 rings (SSSR count). The van der Waals surface area contributed by atoms with Gasteiger partial charge < -0.3 is 10.6 Å². The Balaban J connectivity index is 3.02. The van der Waals surface area contributed by atoms with Gasteiger partial charge in [-0.1, -0.05) is 13.8 Å². The molecule has 0 bridgehead atoms. The highest BCUT2D eigenvalue weighted by Crippen LogP contribution is 2.23. The highest BCUT2D eigenvalue weighted by Gasteiger charge is 2.19. The largest absolute Gasteiger partial charge is 0.361 e. The van der Waals surface area contributed by atoms with Crippen LogP contribution in [-0.2, 0) is 0 Å². The highest BCUT2D eigenvalue weighted by molar-refractivity contribution is 5.57. The third-order valence-electron chi connectivity index (χ3n) is 2.63. The Labute approximate surface area is 106 Å². The number of nitro groups is 1. The molecule has 18 heavy (non-hydrogen) atoms. The van der Waals surface area contributed by atoms with Crippen LogP contribution in [0, 0.1) is 10.1 Å². The molecule has 0 spiro atoms. The maximum absolute atomic E-state index is 10.9. The third-order valence-corrected chi connectivity index (χ3v) is 2.63. The van der Waals surface area contributed by atoms with Gasteiger partial charge in [0.05, 0.1) is 4.92 Å². The zero-order valence-corrected chi connectivity index (χ0v) is 10.9. The fraction of sp³-hybridized carbons (Fsp3) is 0.636. The minimum atomic E-state index is -0.472. The van der Waals surface area contributed by atoms with Gasteiger partial charge in [-0.3, -0.25) is 10.1 Å². The van der Waals surface area contributed by atoms with E-state index in [1.807, 2.05) is 20.8 Å². The number of aromatic nitrogens is 2. The van der Waals surface area contributed by atoms with Gasteiger partial charge in [0.2, 0.25) is 11.8 Å². The minimum absolute atomic E-state index is 0.0939. The van der Waals surface area contributed by atoms with Crippen molar-refractivity contribution in [2.45, 2.75) is 39.7 Å². The molecule has 2 N–H and O–H groups in total. The zero-order valence-electron chi connectivity index (χ0n) is 10.9. The van der Waals surface area contributed by atoms with Gasteiger partial charge >= 0.3 is 5.69 Å². The summed E-state index contributed by atoms with van der Waals surface area (Å²) in [5, 5.41) is 16.9. The summed E-state index contributed by atoms with van der Waals surface area (Å²) >= 11 is 0. The van der Waals surface area contributed by atoms with Crippen molar-refractivity contribution in [1.29, 1.82) is 0 Å². The summed E-state index contributed by atoms with van der Waals surface area (Å²) in [6.07, 6.45) is 3.00. The first-order chi connectivity index (χ1) is 8.62. The average molecular weight is 253 g/mol. The molecule has 1 aromatic heterocycles. The molecule has 0 aliphatic carbocycles. The summed E-state index contributed by atoms with van der Waals surface area (Å²) in [6.45, 7) is 6.64. The van der Waals surface area contributed by atoms with E-state index in [0.29, 0.717) is 12.5 Å². The first-order valence-electron chi connectivity index (χ1n) is 6.14. The average Bonchev–Trinajstić information content (AvgIpc) is 2.36. The Morgan fingerprint density at radius 2 is 2.06 bits per heavy atom. The van der Waals surface area contributed by atoms with Crippen molar-refractivity contribution in [3.05, 3.63) is 16.3 Å². The third kappa shape index (κ3) is 3.54. The number of nitrogens with one attached hydrogen (secondary N) is 2. The number of anilines is 2. The summed E-state index contributed by atoms with van der Waals surface area (Å²) in [5.41, 5.74) is -0.0939. The Morgan fingerprint density at radius 3 is 2.56 bits per heavy atom. The van der Waals surface area contributed by atoms with E-state index in [2.05, 4.69) is 20.6 Å². The van der Waals surface area contributed by atoms with Crippen molar-refractivity contribution in [3.8, 4) is 0 Å². The van der Waals surface area contributed by atoms with Gasteiger partial charge in [0, 0.05) is 12.6 Å². The minimum Gasteiger partial charge on any atom is -0.361 e. The van der Waals surface area contributed by atoms with Crippen molar-refractivity contribution in [1.82, 2.24) is 9.97 Å². The molecular formula is C11H19N5O2. The van der Waals surface area contributed by atoms with Crippen molar-refractivity contribution in [2.24, 2.45) is 0 Å². The maximum Gasteiger partial charge on any atom is 0.329 e. The van der Waals surface area contributed by atoms with Crippen LogP contribution in [0.3, 0.4) is 0 Å². The second kappa shape index (κ2) is 6.73. The van der Waals surface area contributed by atoms with E-state index in [4.69, 9.17) is 0 Å². The molecule has 0 aliphatic rings. The molecule has 0 fully saturated rings.